The summed E-state index contributed by atoms with van der Waals surface area (Å²) in [5, 5.41) is 1.80. The molecule has 0 bridgehead atoms. The minimum Gasteiger partial charge on any atom is -0.423 e. The summed E-state index contributed by atoms with van der Waals surface area (Å²) in [6, 6.07) is 39.6. The maximum atomic E-state index is 12.4. The van der Waals surface area contributed by atoms with Crippen LogP contribution in [0.25, 0.3) is 0 Å². The number of rotatable bonds is 6. The average molecular weight is 525 g/mol. The Kier molecular flexibility index (Phi) is 6.75. The first-order valence-electron chi connectivity index (χ1n) is 12.6. The number of fused-ring (bicyclic) bond motifs is 1. The van der Waals surface area contributed by atoms with E-state index in [1.54, 1.807) is 77.8 Å². The van der Waals surface area contributed by atoms with Gasteiger partial charge in [0.1, 0.15) is 11.5 Å². The largest absolute Gasteiger partial charge is 0.423 e. The summed E-state index contributed by atoms with van der Waals surface area (Å²) in [5.74, 6) is 0.503. The third kappa shape index (κ3) is 5.30. The second-order valence-electron chi connectivity index (χ2n) is 8.87. The van der Waals surface area contributed by atoms with Crippen molar-refractivity contribution < 1.29 is 19.1 Å². The van der Waals surface area contributed by atoms with Crippen molar-refractivity contribution in [2.45, 2.75) is 0 Å². The van der Waals surface area contributed by atoms with Crippen molar-refractivity contribution in [3.05, 3.63) is 150 Å². The number of hydrogen-bond donors (Lipinski definition) is 0. The molecule has 0 amide bonds. The molecule has 0 aromatic heterocycles. The fraction of sp³-hybridized carbons (Fsp3) is 0. The lowest BCUT2D eigenvalue weighted by molar-refractivity contribution is 0.0725. The number of aliphatic imine (C=N–C) groups is 1. The Morgan fingerprint density at radius 2 is 1.05 bits per heavy atom. The van der Waals surface area contributed by atoms with Gasteiger partial charge in [0.2, 0.25) is 0 Å². The minimum atomic E-state index is -0.425. The van der Waals surface area contributed by atoms with Gasteiger partial charge in [0, 0.05) is 5.56 Å². The molecule has 1 aliphatic heterocycles. The zero-order valence-electron chi connectivity index (χ0n) is 21.2. The molecule has 0 spiro atoms. The molecule has 0 fully saturated rings. The molecular weight excluding hydrogens is 502 g/mol. The van der Waals surface area contributed by atoms with Gasteiger partial charge in [-0.1, -0.05) is 48.5 Å². The van der Waals surface area contributed by atoms with E-state index in [0.717, 1.165) is 22.6 Å². The second kappa shape index (κ2) is 11.0. The predicted octanol–water partition coefficient (Wildman–Crippen LogP) is 6.87. The van der Waals surface area contributed by atoms with Crippen LogP contribution in [0.15, 0.2) is 138 Å². The molecule has 0 saturated carbocycles. The molecule has 1 aliphatic rings. The minimum absolute atomic E-state index is 0.423. The molecule has 0 saturated heterocycles. The number of nitrogens with zero attached hydrogens (tertiary/aromatic N) is 3. The van der Waals surface area contributed by atoms with Gasteiger partial charge in [-0.05, 0) is 84.9 Å². The van der Waals surface area contributed by atoms with Crippen LogP contribution in [0, 0.1) is 0 Å². The smallest absolute Gasteiger partial charge is 0.343 e. The highest BCUT2D eigenvalue weighted by Gasteiger charge is 2.23. The van der Waals surface area contributed by atoms with Crippen LogP contribution in [0.1, 0.15) is 26.3 Å². The summed E-state index contributed by atoms with van der Waals surface area (Å²) < 4.78 is 11.0. The van der Waals surface area contributed by atoms with E-state index in [1.807, 2.05) is 60.7 Å². The van der Waals surface area contributed by atoms with E-state index >= 15 is 0 Å². The number of carbonyl (C=O) groups is 2. The number of benzene rings is 5. The molecule has 6 rings (SSSR count). The van der Waals surface area contributed by atoms with Gasteiger partial charge in [-0.25, -0.2) is 19.6 Å². The number of carbonyl (C=O) groups excluding carboxylic acids is 2. The van der Waals surface area contributed by atoms with Gasteiger partial charge in [0.15, 0.2) is 5.84 Å². The zero-order chi connectivity index (χ0) is 27.3. The molecule has 7 nitrogen and oxygen atoms in total. The van der Waals surface area contributed by atoms with Crippen LogP contribution in [0.5, 0.6) is 11.5 Å². The third-order valence-corrected chi connectivity index (χ3v) is 6.16. The highest BCUT2D eigenvalue weighted by molar-refractivity contribution is 6.05. The van der Waals surface area contributed by atoms with Gasteiger partial charge in [0.25, 0.3) is 0 Å². The topological polar surface area (TPSA) is 82.3 Å². The maximum absolute atomic E-state index is 12.4. The maximum Gasteiger partial charge on any atom is 0.343 e. The molecule has 5 aromatic carbocycles. The zero-order valence-corrected chi connectivity index (χ0v) is 21.2. The molecule has 7 heteroatoms. The van der Waals surface area contributed by atoms with E-state index in [2.05, 4.69) is 0 Å². The molecule has 0 atom stereocenters. The Balaban J connectivity index is 1.20. The summed E-state index contributed by atoms with van der Waals surface area (Å²) >= 11 is 0. The van der Waals surface area contributed by atoms with Gasteiger partial charge in [0.05, 0.1) is 28.2 Å². The molecule has 0 unspecified atom stereocenters. The summed E-state index contributed by atoms with van der Waals surface area (Å²) in [6.07, 6.45) is 0. The van der Waals surface area contributed by atoms with Gasteiger partial charge < -0.3 is 9.47 Å². The Morgan fingerprint density at radius 1 is 0.550 bits per heavy atom. The Morgan fingerprint density at radius 3 is 1.62 bits per heavy atom. The third-order valence-electron chi connectivity index (χ3n) is 6.16. The number of anilines is 2. The van der Waals surface area contributed by atoms with E-state index in [-0.39, 0.29) is 0 Å². The lowest BCUT2D eigenvalue weighted by Gasteiger charge is -2.29. The van der Waals surface area contributed by atoms with Crippen LogP contribution < -0.4 is 19.9 Å². The van der Waals surface area contributed by atoms with Gasteiger partial charge in [-0.15, -0.1) is 5.43 Å². The Hall–Kier alpha value is -5.69. The van der Waals surface area contributed by atoms with E-state index in [0.29, 0.717) is 28.5 Å². The van der Waals surface area contributed by atoms with Crippen LogP contribution in [0.2, 0.25) is 0 Å². The molecule has 1 radical (unpaired) electrons. The van der Waals surface area contributed by atoms with E-state index in [4.69, 9.17) is 19.9 Å². The van der Waals surface area contributed by atoms with Crippen molar-refractivity contribution >= 4 is 34.8 Å². The first-order chi connectivity index (χ1) is 19.6. The van der Waals surface area contributed by atoms with Crippen LogP contribution >= 0.6 is 0 Å². The Labute approximate surface area is 230 Å². The number of para-hydroxylation sites is 2. The van der Waals surface area contributed by atoms with Gasteiger partial charge in [-0.3, -0.25) is 0 Å². The van der Waals surface area contributed by atoms with Crippen LogP contribution in [-0.2, 0) is 0 Å². The quantitative estimate of drug-likeness (QED) is 0.179. The van der Waals surface area contributed by atoms with Crippen molar-refractivity contribution in [2.75, 3.05) is 5.01 Å². The molecule has 193 valence electrons. The lowest BCUT2D eigenvalue weighted by Crippen LogP contribution is -2.35. The highest BCUT2D eigenvalue weighted by atomic mass is 16.5. The predicted molar refractivity (Wildman–Crippen MR) is 153 cm³/mol. The summed E-state index contributed by atoms with van der Waals surface area (Å²) in [4.78, 5) is 29.6. The summed E-state index contributed by atoms with van der Waals surface area (Å²) in [6.45, 7) is 0. The van der Waals surface area contributed by atoms with Gasteiger partial charge >= 0.3 is 11.9 Å². The molecule has 0 aliphatic carbocycles. The monoisotopic (exact) mass is 524 g/mol. The van der Waals surface area contributed by atoms with Crippen molar-refractivity contribution in [3.63, 3.8) is 0 Å². The molecule has 40 heavy (non-hydrogen) atoms. The number of ether oxygens (including phenoxy) is 2. The molecule has 0 N–H and O–H groups in total. The first kappa shape index (κ1) is 24.6. The number of hydrogen-bond acceptors (Lipinski definition) is 6. The molecule has 1 heterocycles. The fourth-order valence-corrected chi connectivity index (χ4v) is 4.15. The normalized spacial score (nSPS) is 12.0. The summed E-state index contributed by atoms with van der Waals surface area (Å²) in [5.41, 5.74) is 8.86. The van der Waals surface area contributed by atoms with Gasteiger partial charge in [-0.2, -0.15) is 0 Å². The highest BCUT2D eigenvalue weighted by Crippen LogP contribution is 2.37. The molecular formula is C33H22N3O4. The van der Waals surface area contributed by atoms with Crippen LogP contribution in [-0.4, -0.2) is 17.8 Å². The standard InChI is InChI=1S/C33H22N3O4/c37-32(24-9-3-1-4-10-24)39-27-19-15-23(16-20-27)31-34-29-13-7-8-14-30(29)36(35-31)26-17-21-28(22-18-26)40-33(38)25-11-5-2-6-12-25/h1-22H. The van der Waals surface area contributed by atoms with E-state index in [1.165, 1.54) is 0 Å². The van der Waals surface area contributed by atoms with Crippen molar-refractivity contribution in [3.8, 4) is 11.5 Å². The van der Waals surface area contributed by atoms with Crippen molar-refractivity contribution in [1.29, 1.82) is 0 Å². The summed E-state index contributed by atoms with van der Waals surface area (Å²) in [7, 11) is 0. The lowest BCUT2D eigenvalue weighted by atomic mass is 10.1. The van der Waals surface area contributed by atoms with E-state index < -0.39 is 11.9 Å². The number of amidine groups is 1. The number of esters is 2. The average Bonchev–Trinajstić information content (AvgIpc) is 3.02. The van der Waals surface area contributed by atoms with Crippen LogP contribution in [0.4, 0.5) is 17.1 Å². The SMILES string of the molecule is O=C(Oc1ccc(C2=Nc3ccccc3N(c3ccc(OC(=O)c4ccccc4)cc3)[N]2)cc1)c1ccccc1. The molecule has 5 aromatic rings. The second-order valence-corrected chi connectivity index (χ2v) is 8.87. The van der Waals surface area contributed by atoms with Crippen molar-refractivity contribution in [1.82, 2.24) is 5.43 Å². The fourth-order valence-electron chi connectivity index (χ4n) is 4.15. The van der Waals surface area contributed by atoms with Crippen molar-refractivity contribution in [2.24, 2.45) is 4.99 Å². The van der Waals surface area contributed by atoms with E-state index in [9.17, 15) is 9.59 Å². The first-order valence-corrected chi connectivity index (χ1v) is 12.6. The Bertz CT molecular complexity index is 1680. The van der Waals surface area contributed by atoms with Crippen LogP contribution in [0.3, 0.4) is 0 Å².